The van der Waals surface area contributed by atoms with Gasteiger partial charge in [0.2, 0.25) is 6.41 Å². The van der Waals surface area contributed by atoms with E-state index in [2.05, 4.69) is 5.32 Å². The van der Waals surface area contributed by atoms with E-state index in [1.54, 1.807) is 32.4 Å². The number of alkyl halides is 2. The van der Waals surface area contributed by atoms with Gasteiger partial charge in [0.25, 0.3) is 5.92 Å². The molecule has 1 aromatic carbocycles. The molecule has 0 spiro atoms. The Hall–Kier alpha value is -1.89. The first kappa shape index (κ1) is 18.4. The lowest BCUT2D eigenvalue weighted by Crippen LogP contribution is -2.61. The largest absolute Gasteiger partial charge is 0.493 e. The van der Waals surface area contributed by atoms with Crippen LogP contribution in [0.2, 0.25) is 0 Å². The molecule has 0 heterocycles. The minimum Gasteiger partial charge on any atom is -0.493 e. The Morgan fingerprint density at radius 3 is 2.54 bits per heavy atom. The number of nitrogens with one attached hydrogen (secondary N) is 1. The molecular weight excluding hydrogens is 320 g/mol. The Bertz CT molecular complexity index is 558. The summed E-state index contributed by atoms with van der Waals surface area (Å²) in [6.07, 6.45) is 0.830. The highest BCUT2D eigenvalue weighted by Crippen LogP contribution is 2.47. The van der Waals surface area contributed by atoms with Crippen LogP contribution in [-0.2, 0) is 16.0 Å². The van der Waals surface area contributed by atoms with Crippen molar-refractivity contribution in [1.82, 2.24) is 5.32 Å². The number of carbonyl (C=O) groups excluding carboxylic acids is 1. The second kappa shape index (κ2) is 7.79. The zero-order valence-electron chi connectivity index (χ0n) is 13.9. The third-order valence-corrected chi connectivity index (χ3v) is 4.08. The summed E-state index contributed by atoms with van der Waals surface area (Å²) >= 11 is 0. The van der Waals surface area contributed by atoms with Crippen molar-refractivity contribution < 1.29 is 27.8 Å². The van der Waals surface area contributed by atoms with E-state index in [1.807, 2.05) is 0 Å². The van der Waals surface area contributed by atoms with E-state index >= 15 is 0 Å². The van der Waals surface area contributed by atoms with Gasteiger partial charge in [-0.25, -0.2) is 8.78 Å². The molecule has 0 aliphatic heterocycles. The van der Waals surface area contributed by atoms with Gasteiger partial charge in [-0.1, -0.05) is 6.07 Å². The summed E-state index contributed by atoms with van der Waals surface area (Å²) in [4.78, 5) is 10.8. The second-order valence-electron chi connectivity index (χ2n) is 6.11. The molecule has 0 radical (unpaired) electrons. The molecule has 0 atom stereocenters. The number of methoxy groups -OCH3 is 2. The Labute approximate surface area is 140 Å². The van der Waals surface area contributed by atoms with Crippen LogP contribution in [0.4, 0.5) is 8.78 Å². The third kappa shape index (κ3) is 4.56. The number of hydrogen-bond donors (Lipinski definition) is 1. The van der Waals surface area contributed by atoms with E-state index in [4.69, 9.17) is 14.2 Å². The molecule has 5 nitrogen and oxygen atoms in total. The highest BCUT2D eigenvalue weighted by molar-refractivity contribution is 5.50. The molecule has 1 N–H and O–H groups in total. The molecule has 1 amide bonds. The van der Waals surface area contributed by atoms with Gasteiger partial charge in [0.05, 0.1) is 19.3 Å². The minimum atomic E-state index is -2.72. The van der Waals surface area contributed by atoms with Crippen molar-refractivity contribution in [2.45, 2.75) is 37.1 Å². The van der Waals surface area contributed by atoms with Crippen LogP contribution in [0.5, 0.6) is 11.5 Å². The van der Waals surface area contributed by atoms with Crippen LogP contribution in [0.1, 0.15) is 24.8 Å². The zero-order valence-corrected chi connectivity index (χ0v) is 13.9. The van der Waals surface area contributed by atoms with Crippen LogP contribution in [0.3, 0.4) is 0 Å². The molecule has 1 fully saturated rings. The maximum absolute atomic E-state index is 13.3. The minimum absolute atomic E-state index is 0.319. The normalized spacial score (nSPS) is 17.7. The highest BCUT2D eigenvalue weighted by Gasteiger charge is 2.56. The van der Waals surface area contributed by atoms with E-state index in [1.165, 1.54) is 0 Å². The van der Waals surface area contributed by atoms with Crippen LogP contribution in [0, 0.1) is 0 Å². The molecule has 0 unspecified atom stereocenters. The summed E-state index contributed by atoms with van der Waals surface area (Å²) in [7, 11) is 3.16. The highest BCUT2D eigenvalue weighted by atomic mass is 19.3. The van der Waals surface area contributed by atoms with Gasteiger partial charge in [-0.15, -0.1) is 0 Å². The Balaban J connectivity index is 2.08. The first-order chi connectivity index (χ1) is 11.4. The Morgan fingerprint density at radius 2 is 1.96 bits per heavy atom. The number of halogens is 2. The lowest BCUT2D eigenvalue weighted by atomic mass is 9.70. The van der Waals surface area contributed by atoms with Crippen molar-refractivity contribution in [3.8, 4) is 11.5 Å². The number of carbonyl (C=O) groups is 1. The molecule has 0 aromatic heterocycles. The second-order valence-corrected chi connectivity index (χ2v) is 6.11. The summed E-state index contributed by atoms with van der Waals surface area (Å²) in [6, 6.07) is 5.31. The van der Waals surface area contributed by atoms with E-state index in [9.17, 15) is 13.6 Å². The van der Waals surface area contributed by atoms with Gasteiger partial charge >= 0.3 is 0 Å². The van der Waals surface area contributed by atoms with Gasteiger partial charge < -0.3 is 19.5 Å². The fourth-order valence-corrected chi connectivity index (χ4v) is 3.06. The maximum atomic E-state index is 13.3. The van der Waals surface area contributed by atoms with Crippen molar-refractivity contribution in [2.24, 2.45) is 0 Å². The van der Waals surface area contributed by atoms with Crippen LogP contribution in [-0.4, -0.2) is 45.3 Å². The molecule has 134 valence electrons. The molecule has 1 aliphatic rings. The van der Waals surface area contributed by atoms with Crippen molar-refractivity contribution in [3.63, 3.8) is 0 Å². The maximum Gasteiger partial charge on any atom is 0.252 e. The van der Waals surface area contributed by atoms with Gasteiger partial charge in [0, 0.05) is 33.0 Å². The molecular formula is C17H23F2NO4. The summed E-state index contributed by atoms with van der Waals surface area (Å²) in [6.45, 7) is 1.05. The van der Waals surface area contributed by atoms with Crippen LogP contribution in [0.15, 0.2) is 18.2 Å². The molecule has 1 saturated carbocycles. The smallest absolute Gasteiger partial charge is 0.252 e. The zero-order chi connectivity index (χ0) is 17.6. The summed E-state index contributed by atoms with van der Waals surface area (Å²) in [5.41, 5.74) is -0.0879. The van der Waals surface area contributed by atoms with E-state index in [-0.39, 0.29) is 12.8 Å². The first-order valence-electron chi connectivity index (χ1n) is 7.81. The molecule has 0 saturated heterocycles. The average Bonchev–Trinajstić information content (AvgIpc) is 2.50. The first-order valence-corrected chi connectivity index (χ1v) is 7.81. The monoisotopic (exact) mass is 343 g/mol. The fraction of sp³-hybridized carbons (Fsp3) is 0.588. The molecule has 24 heavy (non-hydrogen) atoms. The quantitative estimate of drug-likeness (QED) is 0.524. The average molecular weight is 343 g/mol. The summed E-state index contributed by atoms with van der Waals surface area (Å²) < 4.78 is 42.5. The van der Waals surface area contributed by atoms with E-state index < -0.39 is 11.5 Å². The number of hydrogen-bond acceptors (Lipinski definition) is 4. The van der Waals surface area contributed by atoms with E-state index in [0.717, 1.165) is 12.0 Å². The topological polar surface area (TPSA) is 56.8 Å². The summed E-state index contributed by atoms with van der Waals surface area (Å²) in [5.74, 6) is -1.59. The van der Waals surface area contributed by atoms with Gasteiger partial charge in [0.1, 0.15) is 0 Å². The standard InChI is InChI=1S/C17H23F2NO4/c1-22-6-3-7-24-15-8-13(4-5-14(15)23-2)9-16(20-12-21)10-17(18,19)11-16/h4-5,8,12H,3,6-7,9-11H2,1-2H3,(H,20,21). The third-order valence-electron chi connectivity index (χ3n) is 4.08. The fourth-order valence-electron chi connectivity index (χ4n) is 3.06. The SMILES string of the molecule is COCCCOc1cc(CC2(NC=O)CC(F)(F)C2)ccc1OC. The molecule has 0 bridgehead atoms. The number of ether oxygens (including phenoxy) is 3. The number of amides is 1. The van der Waals surface area contributed by atoms with Crippen LogP contribution >= 0.6 is 0 Å². The number of rotatable bonds is 10. The lowest BCUT2D eigenvalue weighted by molar-refractivity contribution is -0.141. The van der Waals surface area contributed by atoms with Gasteiger partial charge in [-0.05, 0) is 24.1 Å². The van der Waals surface area contributed by atoms with Crippen molar-refractivity contribution >= 4 is 6.41 Å². The van der Waals surface area contributed by atoms with Gasteiger partial charge in [-0.2, -0.15) is 0 Å². The number of benzene rings is 1. The van der Waals surface area contributed by atoms with Crippen LogP contribution < -0.4 is 14.8 Å². The predicted molar refractivity (Wildman–Crippen MR) is 84.8 cm³/mol. The van der Waals surface area contributed by atoms with E-state index in [0.29, 0.717) is 37.5 Å². The predicted octanol–water partition coefficient (Wildman–Crippen LogP) is 2.57. The van der Waals surface area contributed by atoms with Crippen molar-refractivity contribution in [1.29, 1.82) is 0 Å². The molecule has 7 heteroatoms. The Kier molecular flexibility index (Phi) is 5.99. The van der Waals surface area contributed by atoms with Gasteiger partial charge in [-0.3, -0.25) is 4.79 Å². The molecule has 1 aliphatic carbocycles. The Morgan fingerprint density at radius 1 is 1.21 bits per heavy atom. The van der Waals surface area contributed by atoms with Gasteiger partial charge in [0.15, 0.2) is 11.5 Å². The lowest BCUT2D eigenvalue weighted by Gasteiger charge is -2.47. The van der Waals surface area contributed by atoms with Crippen LogP contribution in [0.25, 0.3) is 0 Å². The summed E-state index contributed by atoms with van der Waals surface area (Å²) in [5, 5.41) is 2.56. The molecule has 2 rings (SSSR count). The van der Waals surface area contributed by atoms with Crippen molar-refractivity contribution in [3.05, 3.63) is 23.8 Å². The van der Waals surface area contributed by atoms with Crippen molar-refractivity contribution in [2.75, 3.05) is 27.4 Å². The molecule has 1 aromatic rings.